The van der Waals surface area contributed by atoms with Crippen molar-refractivity contribution in [2.45, 2.75) is 26.2 Å². The molecule has 0 aromatic heterocycles. The maximum absolute atomic E-state index is 13.1. The van der Waals surface area contributed by atoms with Gasteiger partial charge >= 0.3 is 11.9 Å². The van der Waals surface area contributed by atoms with E-state index in [1.807, 2.05) is 26.8 Å². The van der Waals surface area contributed by atoms with Crippen molar-refractivity contribution in [3.63, 3.8) is 0 Å². The van der Waals surface area contributed by atoms with Gasteiger partial charge in [0.05, 0.1) is 44.8 Å². The number of nitrogens with zero attached hydrogens (tertiary/aromatic N) is 2. The van der Waals surface area contributed by atoms with E-state index >= 15 is 0 Å². The number of carboxylic acids is 2. The fourth-order valence-corrected chi connectivity index (χ4v) is 6.05. The lowest BCUT2D eigenvalue weighted by molar-refractivity contribution is 0.0686. The fourth-order valence-electron chi connectivity index (χ4n) is 6.05. The van der Waals surface area contributed by atoms with Crippen LogP contribution in [0.25, 0.3) is 0 Å². The highest BCUT2D eigenvalue weighted by Gasteiger charge is 2.38. The van der Waals surface area contributed by atoms with Crippen LogP contribution in [0.15, 0.2) is 103 Å². The van der Waals surface area contributed by atoms with Crippen LogP contribution in [0.2, 0.25) is 0 Å². The van der Waals surface area contributed by atoms with Crippen LogP contribution in [0.5, 0.6) is 23.0 Å². The van der Waals surface area contributed by atoms with E-state index in [1.165, 1.54) is 36.4 Å². The molecule has 4 amide bonds. The lowest BCUT2D eigenvalue weighted by Gasteiger charge is -2.24. The first-order chi connectivity index (χ1) is 24.7. The van der Waals surface area contributed by atoms with Gasteiger partial charge in [0.1, 0.15) is 23.0 Å². The predicted octanol–water partition coefficient (Wildman–Crippen LogP) is 7.57. The molecule has 258 valence electrons. The summed E-state index contributed by atoms with van der Waals surface area (Å²) in [5, 5.41) is 18.6. The summed E-state index contributed by atoms with van der Waals surface area (Å²) in [6.07, 6.45) is 0. The van der Waals surface area contributed by atoms with E-state index in [-0.39, 0.29) is 38.8 Å². The summed E-state index contributed by atoms with van der Waals surface area (Å²) < 4.78 is 12.4. The molecule has 12 heteroatoms. The Labute approximate surface area is 296 Å². The molecule has 0 saturated carbocycles. The van der Waals surface area contributed by atoms with E-state index in [0.717, 1.165) is 15.4 Å². The molecule has 5 aromatic rings. The zero-order valence-corrected chi connectivity index (χ0v) is 27.9. The topological polar surface area (TPSA) is 168 Å². The number of anilines is 2. The van der Waals surface area contributed by atoms with Crippen molar-refractivity contribution in [3.8, 4) is 23.0 Å². The SMILES string of the molecule is CC(C)(C)c1cc(Oc2ccc(N3C(=O)c4ccc(C(=O)O)cc4C3=O)cc2)ccc1Oc1ccc(N2C(=O)c3ccc(C(=O)O)cc3C2=O)cc1. The molecule has 0 atom stereocenters. The highest BCUT2D eigenvalue weighted by molar-refractivity contribution is 6.35. The summed E-state index contributed by atoms with van der Waals surface area (Å²) in [5.74, 6) is -2.81. The van der Waals surface area contributed by atoms with E-state index in [1.54, 1.807) is 60.7 Å². The molecule has 0 saturated heterocycles. The number of hydrogen-bond donors (Lipinski definition) is 2. The minimum absolute atomic E-state index is 0.0265. The van der Waals surface area contributed by atoms with Gasteiger partial charge in [0.25, 0.3) is 23.6 Å². The van der Waals surface area contributed by atoms with Crippen molar-refractivity contribution in [1.29, 1.82) is 0 Å². The van der Waals surface area contributed by atoms with Gasteiger partial charge in [-0.25, -0.2) is 19.4 Å². The van der Waals surface area contributed by atoms with Crippen LogP contribution in [0.3, 0.4) is 0 Å². The molecule has 0 aliphatic carbocycles. The van der Waals surface area contributed by atoms with Crippen molar-refractivity contribution in [2.24, 2.45) is 0 Å². The van der Waals surface area contributed by atoms with Crippen LogP contribution >= 0.6 is 0 Å². The third-order valence-corrected chi connectivity index (χ3v) is 8.68. The van der Waals surface area contributed by atoms with Gasteiger partial charge in [-0.2, -0.15) is 0 Å². The molecule has 0 radical (unpaired) electrons. The van der Waals surface area contributed by atoms with Crippen molar-refractivity contribution in [3.05, 3.63) is 142 Å². The maximum Gasteiger partial charge on any atom is 0.335 e. The van der Waals surface area contributed by atoms with Crippen LogP contribution in [0, 0.1) is 0 Å². The number of hydrogen-bond acceptors (Lipinski definition) is 8. The quantitative estimate of drug-likeness (QED) is 0.154. The van der Waals surface area contributed by atoms with E-state index < -0.39 is 35.6 Å². The Kier molecular flexibility index (Phi) is 7.94. The summed E-state index contributed by atoms with van der Waals surface area (Å²) in [4.78, 5) is 76.9. The Balaban J connectivity index is 1.07. The van der Waals surface area contributed by atoms with E-state index in [9.17, 15) is 39.0 Å². The molecule has 2 aliphatic rings. The van der Waals surface area contributed by atoms with Crippen LogP contribution in [-0.2, 0) is 5.41 Å². The van der Waals surface area contributed by atoms with Crippen molar-refractivity contribution in [1.82, 2.24) is 0 Å². The zero-order valence-electron chi connectivity index (χ0n) is 27.9. The molecule has 2 N–H and O–H groups in total. The summed E-state index contributed by atoms with van der Waals surface area (Å²) in [6.45, 7) is 6.03. The monoisotopic (exact) mass is 696 g/mol. The first-order valence-electron chi connectivity index (χ1n) is 15.9. The van der Waals surface area contributed by atoms with Crippen LogP contribution in [-0.4, -0.2) is 45.8 Å². The van der Waals surface area contributed by atoms with Gasteiger partial charge in [0.15, 0.2) is 0 Å². The molecular formula is C40H28N2O10. The molecule has 0 fully saturated rings. The average molecular weight is 697 g/mol. The summed E-state index contributed by atoms with van der Waals surface area (Å²) in [6, 6.07) is 25.7. The van der Waals surface area contributed by atoms with Crippen LogP contribution in [0.1, 0.15) is 88.5 Å². The zero-order chi connectivity index (χ0) is 37.1. The molecule has 12 nitrogen and oxygen atoms in total. The summed E-state index contributed by atoms with van der Waals surface area (Å²) in [5.41, 5.74) is 1.16. The van der Waals surface area contributed by atoms with Crippen molar-refractivity contribution in [2.75, 3.05) is 9.80 Å². The van der Waals surface area contributed by atoms with Crippen molar-refractivity contribution < 1.29 is 48.5 Å². The number of ether oxygens (including phenoxy) is 2. The Hall–Kier alpha value is -7.08. The Morgan fingerprint density at radius 3 is 1.33 bits per heavy atom. The Morgan fingerprint density at radius 2 is 0.904 bits per heavy atom. The van der Waals surface area contributed by atoms with Gasteiger partial charge in [0, 0.05) is 5.56 Å². The molecule has 2 aliphatic heterocycles. The molecule has 0 bridgehead atoms. The van der Waals surface area contributed by atoms with Crippen molar-refractivity contribution >= 4 is 46.9 Å². The van der Waals surface area contributed by atoms with Gasteiger partial charge < -0.3 is 19.7 Å². The van der Waals surface area contributed by atoms with E-state index in [0.29, 0.717) is 34.4 Å². The molecule has 0 unspecified atom stereocenters. The number of carboxylic acid groups (broad SMARTS) is 2. The predicted molar refractivity (Wildman–Crippen MR) is 187 cm³/mol. The highest BCUT2D eigenvalue weighted by atomic mass is 16.5. The van der Waals surface area contributed by atoms with Gasteiger partial charge in [-0.3, -0.25) is 19.2 Å². The number of amides is 4. The maximum atomic E-state index is 13.1. The standard InChI is InChI=1S/C40H28N2O10/c1-40(2,3)32-20-27(51-25-10-6-23(7-11-25)41-34(43)28-15-4-21(38(47)48)18-30(28)36(41)45)14-17-33(32)52-26-12-8-24(9-13-26)42-35(44)29-16-5-22(39(49)50)19-31(29)37(42)46/h4-20H,1-3H3,(H,47,48)(H,49,50). The van der Waals surface area contributed by atoms with Gasteiger partial charge in [-0.1, -0.05) is 20.8 Å². The normalized spacial score (nSPS) is 13.7. The van der Waals surface area contributed by atoms with Gasteiger partial charge in [-0.15, -0.1) is 0 Å². The van der Waals surface area contributed by atoms with Gasteiger partial charge in [-0.05, 0) is 109 Å². The molecule has 2 heterocycles. The summed E-state index contributed by atoms with van der Waals surface area (Å²) >= 11 is 0. The number of carbonyl (C=O) groups excluding carboxylic acids is 4. The number of fused-ring (bicyclic) bond motifs is 2. The highest BCUT2D eigenvalue weighted by Crippen LogP contribution is 2.39. The minimum atomic E-state index is -1.20. The summed E-state index contributed by atoms with van der Waals surface area (Å²) in [7, 11) is 0. The lowest BCUT2D eigenvalue weighted by atomic mass is 9.86. The number of imide groups is 2. The molecule has 7 rings (SSSR count). The van der Waals surface area contributed by atoms with E-state index in [4.69, 9.17) is 9.47 Å². The fraction of sp³-hybridized carbons (Fsp3) is 0.100. The third kappa shape index (κ3) is 5.81. The number of rotatable bonds is 8. The first kappa shape index (κ1) is 33.4. The molecule has 0 spiro atoms. The lowest BCUT2D eigenvalue weighted by Crippen LogP contribution is -2.29. The number of carbonyl (C=O) groups is 6. The molecular weight excluding hydrogens is 668 g/mol. The second-order valence-corrected chi connectivity index (χ2v) is 13.1. The number of benzene rings is 5. The third-order valence-electron chi connectivity index (χ3n) is 8.68. The molecule has 5 aromatic carbocycles. The second-order valence-electron chi connectivity index (χ2n) is 13.1. The minimum Gasteiger partial charge on any atom is -0.478 e. The largest absolute Gasteiger partial charge is 0.478 e. The number of aromatic carboxylic acids is 2. The Morgan fingerprint density at radius 1 is 0.500 bits per heavy atom. The van der Waals surface area contributed by atoms with Crippen LogP contribution in [0.4, 0.5) is 11.4 Å². The first-order valence-corrected chi connectivity index (χ1v) is 15.9. The van der Waals surface area contributed by atoms with Gasteiger partial charge in [0.2, 0.25) is 0 Å². The average Bonchev–Trinajstić information content (AvgIpc) is 3.52. The van der Waals surface area contributed by atoms with E-state index in [2.05, 4.69) is 0 Å². The Bertz CT molecular complexity index is 2370. The second kappa shape index (κ2) is 12.4. The smallest absolute Gasteiger partial charge is 0.335 e. The van der Waals surface area contributed by atoms with Crippen LogP contribution < -0.4 is 19.3 Å². The molecule has 52 heavy (non-hydrogen) atoms.